The van der Waals surface area contributed by atoms with Crippen LogP contribution >= 0.6 is 24.0 Å². The molecule has 2 N–H and O–H groups in total. The minimum absolute atomic E-state index is 0. The van der Waals surface area contributed by atoms with E-state index in [1.807, 2.05) is 24.3 Å². The molecule has 0 fully saturated rings. The second kappa shape index (κ2) is 14.6. The highest BCUT2D eigenvalue weighted by Gasteiger charge is 1.99. The summed E-state index contributed by atoms with van der Waals surface area (Å²) in [4.78, 5) is 4.21. The van der Waals surface area contributed by atoms with E-state index >= 15 is 0 Å². The van der Waals surface area contributed by atoms with Crippen molar-refractivity contribution in [2.45, 2.75) is 32.7 Å². The fourth-order valence-corrected chi connectivity index (χ4v) is 1.88. The normalized spacial score (nSPS) is 10.8. The fraction of sp³-hybridized carbons (Fsp3) is 0.588. The van der Waals surface area contributed by atoms with Crippen LogP contribution in [0.5, 0.6) is 5.75 Å². The third-order valence-electron chi connectivity index (χ3n) is 3.24. The standard InChI is InChI=1S/C17H29N3O2.HI/c1-4-5-12-22-13-6-11-19-17(18-2)20-14-15-7-9-16(21-3)10-8-15;/h7-10H,4-6,11-14H2,1-3H3,(H2,18,19,20);1H. The van der Waals surface area contributed by atoms with E-state index in [0.717, 1.165) is 50.9 Å². The maximum absolute atomic E-state index is 5.53. The molecule has 1 aromatic carbocycles. The first-order chi connectivity index (χ1) is 10.8. The van der Waals surface area contributed by atoms with Crippen LogP contribution in [0.15, 0.2) is 29.3 Å². The molecule has 0 aliphatic heterocycles. The molecule has 0 aliphatic carbocycles. The van der Waals surface area contributed by atoms with Crippen molar-refractivity contribution in [2.75, 3.05) is 33.9 Å². The summed E-state index contributed by atoms with van der Waals surface area (Å²) in [5, 5.41) is 6.58. The van der Waals surface area contributed by atoms with Crippen LogP contribution in [0.3, 0.4) is 0 Å². The number of methoxy groups -OCH3 is 1. The van der Waals surface area contributed by atoms with E-state index in [2.05, 4.69) is 22.5 Å². The Hall–Kier alpha value is -1.02. The van der Waals surface area contributed by atoms with Gasteiger partial charge >= 0.3 is 0 Å². The summed E-state index contributed by atoms with van der Waals surface area (Å²) in [7, 11) is 3.45. The quantitative estimate of drug-likeness (QED) is 0.257. The summed E-state index contributed by atoms with van der Waals surface area (Å²) >= 11 is 0. The van der Waals surface area contributed by atoms with Crippen molar-refractivity contribution < 1.29 is 9.47 Å². The highest BCUT2D eigenvalue weighted by molar-refractivity contribution is 14.0. The Morgan fingerprint density at radius 3 is 2.39 bits per heavy atom. The molecule has 0 aromatic heterocycles. The van der Waals surface area contributed by atoms with Crippen LogP contribution in [-0.2, 0) is 11.3 Å². The van der Waals surface area contributed by atoms with Gasteiger partial charge in [0.25, 0.3) is 0 Å². The molecule has 5 nitrogen and oxygen atoms in total. The molecule has 23 heavy (non-hydrogen) atoms. The molecule has 0 spiro atoms. The molecule has 0 saturated heterocycles. The third kappa shape index (κ3) is 10.4. The van der Waals surface area contributed by atoms with Crippen molar-refractivity contribution in [3.05, 3.63) is 29.8 Å². The van der Waals surface area contributed by atoms with E-state index < -0.39 is 0 Å². The molecule has 6 heteroatoms. The zero-order valence-electron chi connectivity index (χ0n) is 14.4. The average molecular weight is 435 g/mol. The Bertz CT molecular complexity index is 424. The summed E-state index contributed by atoms with van der Waals surface area (Å²) in [5.74, 6) is 1.68. The minimum atomic E-state index is 0. The van der Waals surface area contributed by atoms with Crippen LogP contribution in [0.4, 0.5) is 0 Å². The number of unbranched alkanes of at least 4 members (excludes halogenated alkanes) is 1. The highest BCUT2D eigenvalue weighted by Crippen LogP contribution is 2.10. The average Bonchev–Trinajstić information content (AvgIpc) is 2.57. The van der Waals surface area contributed by atoms with E-state index in [1.165, 1.54) is 12.0 Å². The molecule has 1 aromatic rings. The Labute approximate surface area is 157 Å². The fourth-order valence-electron chi connectivity index (χ4n) is 1.88. The van der Waals surface area contributed by atoms with Crippen LogP contribution in [-0.4, -0.2) is 39.9 Å². The molecule has 1 rings (SSSR count). The van der Waals surface area contributed by atoms with E-state index in [1.54, 1.807) is 14.2 Å². The van der Waals surface area contributed by atoms with Gasteiger partial charge in [-0.3, -0.25) is 4.99 Å². The topological polar surface area (TPSA) is 54.9 Å². The first-order valence-corrected chi connectivity index (χ1v) is 7.95. The Kier molecular flexibility index (Phi) is 13.9. The van der Waals surface area contributed by atoms with E-state index in [0.29, 0.717) is 0 Å². The number of hydrogen-bond acceptors (Lipinski definition) is 3. The van der Waals surface area contributed by atoms with Gasteiger partial charge < -0.3 is 20.1 Å². The molecule has 0 heterocycles. The number of nitrogens with zero attached hydrogens (tertiary/aromatic N) is 1. The highest BCUT2D eigenvalue weighted by atomic mass is 127. The molecule has 0 amide bonds. The lowest BCUT2D eigenvalue weighted by atomic mass is 10.2. The van der Waals surface area contributed by atoms with Crippen molar-refractivity contribution in [2.24, 2.45) is 4.99 Å². The van der Waals surface area contributed by atoms with Crippen molar-refractivity contribution in [1.82, 2.24) is 10.6 Å². The van der Waals surface area contributed by atoms with Gasteiger partial charge in [-0.2, -0.15) is 0 Å². The predicted molar refractivity (Wildman–Crippen MR) is 107 cm³/mol. The number of ether oxygens (including phenoxy) is 2. The van der Waals surface area contributed by atoms with E-state index in [-0.39, 0.29) is 24.0 Å². The van der Waals surface area contributed by atoms with Crippen LogP contribution in [0.1, 0.15) is 31.7 Å². The zero-order chi connectivity index (χ0) is 16.0. The van der Waals surface area contributed by atoms with Gasteiger partial charge in [-0.25, -0.2) is 0 Å². The van der Waals surface area contributed by atoms with Gasteiger partial charge in [0.05, 0.1) is 7.11 Å². The maximum atomic E-state index is 5.53. The van der Waals surface area contributed by atoms with Crippen molar-refractivity contribution in [3.8, 4) is 5.75 Å². The van der Waals surface area contributed by atoms with Gasteiger partial charge in [0, 0.05) is 33.4 Å². The largest absolute Gasteiger partial charge is 0.497 e. The van der Waals surface area contributed by atoms with Crippen molar-refractivity contribution in [1.29, 1.82) is 0 Å². The van der Waals surface area contributed by atoms with Crippen molar-refractivity contribution >= 4 is 29.9 Å². The lowest BCUT2D eigenvalue weighted by Crippen LogP contribution is -2.37. The summed E-state index contributed by atoms with van der Waals surface area (Å²) in [5.41, 5.74) is 1.19. The monoisotopic (exact) mass is 435 g/mol. The number of nitrogens with one attached hydrogen (secondary N) is 2. The summed E-state index contributed by atoms with van der Waals surface area (Å²) < 4.78 is 10.7. The van der Waals surface area contributed by atoms with Crippen LogP contribution in [0.2, 0.25) is 0 Å². The van der Waals surface area contributed by atoms with Crippen LogP contribution < -0.4 is 15.4 Å². The Morgan fingerprint density at radius 2 is 1.78 bits per heavy atom. The SMILES string of the molecule is CCCCOCCCNC(=NC)NCc1ccc(OC)cc1.I. The Balaban J connectivity index is 0.00000484. The first-order valence-electron chi connectivity index (χ1n) is 7.95. The predicted octanol–water partition coefficient (Wildman–Crippen LogP) is 3.19. The molecule has 0 radical (unpaired) electrons. The van der Waals surface area contributed by atoms with E-state index in [4.69, 9.17) is 9.47 Å². The van der Waals surface area contributed by atoms with Gasteiger partial charge in [0.15, 0.2) is 5.96 Å². The van der Waals surface area contributed by atoms with E-state index in [9.17, 15) is 0 Å². The number of hydrogen-bond donors (Lipinski definition) is 2. The van der Waals surface area contributed by atoms with Gasteiger partial charge in [-0.1, -0.05) is 25.5 Å². The molecular formula is C17H30IN3O2. The minimum Gasteiger partial charge on any atom is -0.497 e. The van der Waals surface area contributed by atoms with Gasteiger partial charge in [-0.15, -0.1) is 24.0 Å². The molecular weight excluding hydrogens is 405 g/mol. The van der Waals surface area contributed by atoms with Crippen LogP contribution in [0, 0.1) is 0 Å². The number of guanidine groups is 1. The van der Waals surface area contributed by atoms with Crippen LogP contribution in [0.25, 0.3) is 0 Å². The number of rotatable bonds is 10. The second-order valence-corrected chi connectivity index (χ2v) is 5.02. The molecule has 132 valence electrons. The lowest BCUT2D eigenvalue weighted by molar-refractivity contribution is 0.129. The molecule has 0 atom stereocenters. The second-order valence-electron chi connectivity index (χ2n) is 5.02. The maximum Gasteiger partial charge on any atom is 0.191 e. The zero-order valence-corrected chi connectivity index (χ0v) is 16.8. The summed E-state index contributed by atoms with van der Waals surface area (Å²) in [6, 6.07) is 8.00. The molecule has 0 bridgehead atoms. The molecule has 0 saturated carbocycles. The van der Waals surface area contributed by atoms with Gasteiger partial charge in [0.1, 0.15) is 5.75 Å². The van der Waals surface area contributed by atoms with Crippen molar-refractivity contribution in [3.63, 3.8) is 0 Å². The number of halogens is 1. The molecule has 0 unspecified atom stereocenters. The molecule has 0 aliphatic rings. The smallest absolute Gasteiger partial charge is 0.191 e. The summed E-state index contributed by atoms with van der Waals surface area (Å²) in [6.45, 7) is 5.41. The first kappa shape index (κ1) is 22.0. The van der Waals surface area contributed by atoms with Gasteiger partial charge in [0.2, 0.25) is 0 Å². The Morgan fingerprint density at radius 1 is 1.09 bits per heavy atom. The lowest BCUT2D eigenvalue weighted by Gasteiger charge is -2.12. The number of benzene rings is 1. The third-order valence-corrected chi connectivity index (χ3v) is 3.24. The number of aliphatic imine (C=N–C) groups is 1. The summed E-state index contributed by atoms with van der Waals surface area (Å²) in [6.07, 6.45) is 3.30. The van der Waals surface area contributed by atoms with Gasteiger partial charge in [-0.05, 0) is 30.5 Å².